The zero-order chi connectivity index (χ0) is 16.5. The second-order valence-electron chi connectivity index (χ2n) is 6.19. The van der Waals surface area contributed by atoms with Crippen LogP contribution in [0.15, 0.2) is 29.0 Å². The number of carbonyl (C=O) groups is 1. The molecule has 0 bridgehead atoms. The van der Waals surface area contributed by atoms with Gasteiger partial charge in [-0.2, -0.15) is 0 Å². The Labute approximate surface area is 138 Å². The lowest BCUT2D eigenvalue weighted by molar-refractivity contribution is -0.134. The maximum absolute atomic E-state index is 11.0. The SMILES string of the molecule is COC(=O)/C=C/C1=CNC(=NC(C)CNCC2CCCC2)CN1. The standard InChI is InChI=1S/C17H28N4O2/c1-13(9-18-10-14-5-3-4-6-14)21-16-12-19-15(11-20-16)7-8-17(22)23-2/h7-8,11,13-14,18-19H,3-6,9-10,12H2,1-2H3,(H,20,21)/b8-7+. The van der Waals surface area contributed by atoms with Crippen LogP contribution in [0.1, 0.15) is 32.6 Å². The Morgan fingerprint density at radius 3 is 2.96 bits per heavy atom. The van der Waals surface area contributed by atoms with Crippen molar-refractivity contribution in [2.75, 3.05) is 26.7 Å². The number of esters is 1. The van der Waals surface area contributed by atoms with Crippen LogP contribution in [0, 0.1) is 5.92 Å². The van der Waals surface area contributed by atoms with Crippen molar-refractivity contribution >= 4 is 11.8 Å². The molecule has 6 nitrogen and oxygen atoms in total. The summed E-state index contributed by atoms with van der Waals surface area (Å²) in [6.07, 6.45) is 10.4. The molecule has 1 aliphatic carbocycles. The molecule has 0 radical (unpaired) electrons. The van der Waals surface area contributed by atoms with Gasteiger partial charge < -0.3 is 20.7 Å². The number of carbonyl (C=O) groups excluding carboxylic acids is 1. The molecule has 0 aromatic rings. The molecule has 1 aliphatic heterocycles. The largest absolute Gasteiger partial charge is 0.466 e. The summed E-state index contributed by atoms with van der Waals surface area (Å²) in [7, 11) is 1.36. The zero-order valence-electron chi connectivity index (χ0n) is 14.1. The van der Waals surface area contributed by atoms with Gasteiger partial charge in [0, 0.05) is 18.8 Å². The van der Waals surface area contributed by atoms with E-state index in [0.717, 1.165) is 30.5 Å². The van der Waals surface area contributed by atoms with E-state index in [4.69, 9.17) is 0 Å². The van der Waals surface area contributed by atoms with Crippen molar-refractivity contribution < 1.29 is 9.53 Å². The fraction of sp³-hybridized carbons (Fsp3) is 0.647. The summed E-state index contributed by atoms with van der Waals surface area (Å²) < 4.78 is 4.56. The number of methoxy groups -OCH3 is 1. The molecule has 2 rings (SSSR count). The van der Waals surface area contributed by atoms with Gasteiger partial charge in [0.15, 0.2) is 0 Å². The Morgan fingerprint density at radius 2 is 2.30 bits per heavy atom. The van der Waals surface area contributed by atoms with E-state index in [-0.39, 0.29) is 12.0 Å². The van der Waals surface area contributed by atoms with Crippen molar-refractivity contribution in [3.63, 3.8) is 0 Å². The van der Waals surface area contributed by atoms with Gasteiger partial charge in [-0.05, 0) is 38.3 Å². The fourth-order valence-corrected chi connectivity index (χ4v) is 2.89. The topological polar surface area (TPSA) is 74.8 Å². The predicted molar refractivity (Wildman–Crippen MR) is 92.1 cm³/mol. The highest BCUT2D eigenvalue weighted by Crippen LogP contribution is 2.23. The van der Waals surface area contributed by atoms with E-state index < -0.39 is 0 Å². The maximum Gasteiger partial charge on any atom is 0.330 e. The highest BCUT2D eigenvalue weighted by Gasteiger charge is 2.14. The highest BCUT2D eigenvalue weighted by atomic mass is 16.5. The minimum Gasteiger partial charge on any atom is -0.466 e. The van der Waals surface area contributed by atoms with Crippen LogP contribution in [-0.2, 0) is 9.53 Å². The van der Waals surface area contributed by atoms with Crippen LogP contribution in [0.5, 0.6) is 0 Å². The average Bonchev–Trinajstić information content (AvgIpc) is 3.07. The lowest BCUT2D eigenvalue weighted by atomic mass is 10.1. The quantitative estimate of drug-likeness (QED) is 0.487. The summed E-state index contributed by atoms with van der Waals surface area (Å²) in [6, 6.07) is 0.237. The number of ether oxygens (including phenoxy) is 1. The van der Waals surface area contributed by atoms with Gasteiger partial charge in [0.1, 0.15) is 5.84 Å². The summed E-state index contributed by atoms with van der Waals surface area (Å²) in [5, 5.41) is 9.91. The fourth-order valence-electron chi connectivity index (χ4n) is 2.89. The lowest BCUT2D eigenvalue weighted by Crippen LogP contribution is -2.38. The first kappa shape index (κ1) is 17.5. The molecule has 2 aliphatic rings. The van der Waals surface area contributed by atoms with Crippen molar-refractivity contribution in [3.8, 4) is 0 Å². The average molecular weight is 320 g/mol. The second kappa shape index (κ2) is 9.35. The Balaban J connectivity index is 1.70. The Morgan fingerprint density at radius 1 is 1.52 bits per heavy atom. The Hall–Kier alpha value is -1.82. The first-order chi connectivity index (χ1) is 11.2. The summed E-state index contributed by atoms with van der Waals surface area (Å²) in [5.74, 6) is 1.40. The van der Waals surface area contributed by atoms with Crippen LogP contribution in [0.2, 0.25) is 0 Å². The molecule has 0 aromatic heterocycles. The molecular formula is C17H28N4O2. The van der Waals surface area contributed by atoms with Gasteiger partial charge in [0.25, 0.3) is 0 Å². The zero-order valence-corrected chi connectivity index (χ0v) is 14.1. The van der Waals surface area contributed by atoms with Crippen molar-refractivity contribution in [2.24, 2.45) is 10.9 Å². The molecule has 1 saturated carbocycles. The van der Waals surface area contributed by atoms with E-state index in [1.165, 1.54) is 38.9 Å². The van der Waals surface area contributed by atoms with Gasteiger partial charge in [0.05, 0.1) is 25.4 Å². The number of aliphatic imine (C=N–C) groups is 1. The molecule has 0 spiro atoms. The third-order valence-electron chi connectivity index (χ3n) is 4.18. The van der Waals surface area contributed by atoms with Gasteiger partial charge >= 0.3 is 5.97 Å². The van der Waals surface area contributed by atoms with Gasteiger partial charge in [-0.1, -0.05) is 12.8 Å². The third kappa shape index (κ3) is 6.44. The molecule has 0 amide bonds. The Bertz CT molecular complexity index is 479. The molecule has 1 fully saturated rings. The van der Waals surface area contributed by atoms with Crippen LogP contribution >= 0.6 is 0 Å². The van der Waals surface area contributed by atoms with Crippen LogP contribution < -0.4 is 16.0 Å². The first-order valence-electron chi connectivity index (χ1n) is 8.41. The smallest absolute Gasteiger partial charge is 0.330 e. The normalized spacial score (nSPS) is 21.8. The van der Waals surface area contributed by atoms with Crippen LogP contribution in [0.4, 0.5) is 0 Å². The molecule has 0 aromatic carbocycles. The van der Waals surface area contributed by atoms with Crippen molar-refractivity contribution in [2.45, 2.75) is 38.6 Å². The van der Waals surface area contributed by atoms with E-state index >= 15 is 0 Å². The molecule has 3 N–H and O–H groups in total. The lowest BCUT2D eigenvalue weighted by Gasteiger charge is -2.19. The number of rotatable bonds is 7. The Kier molecular flexibility index (Phi) is 7.13. The third-order valence-corrected chi connectivity index (χ3v) is 4.18. The van der Waals surface area contributed by atoms with Gasteiger partial charge in [-0.25, -0.2) is 4.79 Å². The number of hydrogen-bond donors (Lipinski definition) is 3. The van der Waals surface area contributed by atoms with E-state index in [9.17, 15) is 4.79 Å². The molecule has 1 atom stereocenters. The summed E-state index contributed by atoms with van der Waals surface area (Å²) in [5.41, 5.74) is 0.835. The van der Waals surface area contributed by atoms with Gasteiger partial charge in [-0.3, -0.25) is 4.99 Å². The van der Waals surface area contributed by atoms with E-state index in [0.29, 0.717) is 6.54 Å². The second-order valence-corrected chi connectivity index (χ2v) is 6.19. The molecule has 0 saturated heterocycles. The van der Waals surface area contributed by atoms with Crippen molar-refractivity contribution in [1.82, 2.24) is 16.0 Å². The molecule has 128 valence electrons. The monoisotopic (exact) mass is 320 g/mol. The molecule has 6 heteroatoms. The minimum atomic E-state index is -0.367. The molecule has 1 heterocycles. The van der Waals surface area contributed by atoms with Gasteiger partial charge in [-0.15, -0.1) is 0 Å². The van der Waals surface area contributed by atoms with E-state index in [1.807, 2.05) is 0 Å². The maximum atomic E-state index is 11.0. The van der Waals surface area contributed by atoms with Gasteiger partial charge in [0.2, 0.25) is 0 Å². The van der Waals surface area contributed by atoms with Crippen LogP contribution in [0.25, 0.3) is 0 Å². The van der Waals surface area contributed by atoms with E-state index in [2.05, 4.69) is 32.6 Å². The highest BCUT2D eigenvalue weighted by molar-refractivity contribution is 5.87. The van der Waals surface area contributed by atoms with E-state index in [1.54, 1.807) is 12.3 Å². The molecular weight excluding hydrogens is 292 g/mol. The summed E-state index contributed by atoms with van der Waals surface area (Å²) in [6.45, 7) is 4.76. The van der Waals surface area contributed by atoms with Crippen molar-refractivity contribution in [3.05, 3.63) is 24.0 Å². The number of hydrogen-bond acceptors (Lipinski definition) is 5. The summed E-state index contributed by atoms with van der Waals surface area (Å²) in [4.78, 5) is 15.7. The number of allylic oxidation sites excluding steroid dienone is 1. The molecule has 23 heavy (non-hydrogen) atoms. The predicted octanol–water partition coefficient (Wildman–Crippen LogP) is 1.32. The van der Waals surface area contributed by atoms with Crippen LogP contribution in [0.3, 0.4) is 0 Å². The number of nitrogens with zero attached hydrogens (tertiary/aromatic N) is 1. The summed E-state index contributed by atoms with van der Waals surface area (Å²) >= 11 is 0. The number of amidine groups is 1. The first-order valence-corrected chi connectivity index (χ1v) is 8.41. The number of nitrogens with one attached hydrogen (secondary N) is 3. The van der Waals surface area contributed by atoms with Crippen LogP contribution in [-0.4, -0.2) is 44.6 Å². The minimum absolute atomic E-state index is 0.237. The molecule has 1 unspecified atom stereocenters. The van der Waals surface area contributed by atoms with Crippen molar-refractivity contribution in [1.29, 1.82) is 0 Å².